The zero-order valence-electron chi connectivity index (χ0n) is 18.0. The first kappa shape index (κ1) is 27.4. The van der Waals surface area contributed by atoms with Crippen LogP contribution in [0.3, 0.4) is 0 Å². The maximum atomic E-state index is 10.9. The monoisotopic (exact) mass is 424 g/mol. The third kappa shape index (κ3) is 16.4. The van der Waals surface area contributed by atoms with Crippen molar-refractivity contribution < 1.29 is 34.4 Å². The smallest absolute Gasteiger partial charge is 0.339 e. The molecule has 1 aromatic carbocycles. The second-order valence-electron chi connectivity index (χ2n) is 7.12. The summed E-state index contributed by atoms with van der Waals surface area (Å²) >= 11 is 0. The summed E-state index contributed by atoms with van der Waals surface area (Å²) in [5.74, 6) is -2.03. The molecule has 0 heterocycles. The van der Waals surface area contributed by atoms with Gasteiger partial charge in [-0.1, -0.05) is 64.0 Å². The van der Waals surface area contributed by atoms with Crippen LogP contribution in [0.1, 0.15) is 94.3 Å². The van der Waals surface area contributed by atoms with Gasteiger partial charge >= 0.3 is 17.9 Å². The van der Waals surface area contributed by atoms with Crippen LogP contribution in [0.5, 0.6) is 5.75 Å². The Morgan fingerprint density at radius 1 is 0.733 bits per heavy atom. The molecule has 170 valence electrons. The Morgan fingerprint density at radius 3 is 1.77 bits per heavy atom. The number of para-hydroxylation sites is 1. The van der Waals surface area contributed by atoms with Gasteiger partial charge in [0.1, 0.15) is 11.3 Å². The lowest BCUT2D eigenvalue weighted by atomic mass is 10.1. The Balaban J connectivity index is 0.000000612. The molecule has 1 rings (SSSR count). The van der Waals surface area contributed by atoms with E-state index in [4.69, 9.17) is 20.1 Å². The highest BCUT2D eigenvalue weighted by Crippen LogP contribution is 2.18. The third-order valence-corrected chi connectivity index (χ3v) is 4.40. The minimum Gasteiger partial charge on any atom is -0.493 e. The summed E-state index contributed by atoms with van der Waals surface area (Å²) in [6, 6.07) is 6.78. The van der Waals surface area contributed by atoms with Gasteiger partial charge in [-0.2, -0.15) is 0 Å². The predicted molar refractivity (Wildman–Crippen MR) is 115 cm³/mol. The molecule has 0 atom stereocenters. The molecule has 0 unspecified atom stereocenters. The molecule has 3 N–H and O–H groups in total. The van der Waals surface area contributed by atoms with Gasteiger partial charge in [-0.3, -0.25) is 9.59 Å². The fourth-order valence-corrected chi connectivity index (χ4v) is 2.74. The Kier molecular flexibility index (Phi) is 16.9. The van der Waals surface area contributed by atoms with Gasteiger partial charge in [0, 0.05) is 12.8 Å². The number of rotatable bonds is 16. The molecule has 0 aliphatic carbocycles. The average Bonchev–Trinajstić information content (AvgIpc) is 2.70. The summed E-state index contributed by atoms with van der Waals surface area (Å²) < 4.78 is 5.52. The van der Waals surface area contributed by atoms with E-state index in [1.54, 1.807) is 24.3 Å². The molecule has 1 aromatic rings. The van der Waals surface area contributed by atoms with Crippen molar-refractivity contribution in [2.24, 2.45) is 0 Å². The fraction of sp³-hybridized carbons (Fsp3) is 0.609. The minimum absolute atomic E-state index is 0.188. The quantitative estimate of drug-likeness (QED) is 0.294. The second-order valence-corrected chi connectivity index (χ2v) is 7.12. The Bertz CT molecular complexity index is 595. The van der Waals surface area contributed by atoms with Crippen LogP contribution in [0.2, 0.25) is 0 Å². The number of aliphatic carboxylic acids is 2. The van der Waals surface area contributed by atoms with Gasteiger partial charge < -0.3 is 20.1 Å². The number of carboxylic acid groups (broad SMARTS) is 3. The van der Waals surface area contributed by atoms with Gasteiger partial charge in [0.15, 0.2) is 0 Å². The van der Waals surface area contributed by atoms with Crippen molar-refractivity contribution in [1.29, 1.82) is 0 Å². The molecule has 0 fully saturated rings. The SMILES string of the molecule is CCCCCCCCOc1ccccc1C(=O)O.O=C(O)CCCCCCC(=O)O. The van der Waals surface area contributed by atoms with E-state index >= 15 is 0 Å². The van der Waals surface area contributed by atoms with Crippen LogP contribution >= 0.6 is 0 Å². The molecule has 0 radical (unpaired) electrons. The summed E-state index contributed by atoms with van der Waals surface area (Å²) in [7, 11) is 0. The standard InChI is InChI=1S/C15H22O3.C8H14O4/c1-2-3-4-5-6-9-12-18-14-11-8-7-10-13(14)15(16)17;9-7(10)5-3-1-2-4-6-8(11)12/h7-8,10-11H,2-6,9,12H2,1H3,(H,16,17);1-6H2,(H,9,10)(H,11,12). The van der Waals surface area contributed by atoms with Crippen LogP contribution in [-0.4, -0.2) is 39.8 Å². The highest BCUT2D eigenvalue weighted by Gasteiger charge is 2.09. The van der Waals surface area contributed by atoms with Gasteiger partial charge in [0.05, 0.1) is 6.61 Å². The molecular formula is C23H36O7. The van der Waals surface area contributed by atoms with Crippen molar-refractivity contribution in [3.05, 3.63) is 29.8 Å². The fourth-order valence-electron chi connectivity index (χ4n) is 2.74. The molecular weight excluding hydrogens is 388 g/mol. The van der Waals surface area contributed by atoms with Crippen molar-refractivity contribution in [3.8, 4) is 5.75 Å². The van der Waals surface area contributed by atoms with E-state index in [-0.39, 0.29) is 18.4 Å². The first-order chi connectivity index (χ1) is 14.4. The van der Waals surface area contributed by atoms with Gasteiger partial charge in [-0.25, -0.2) is 4.79 Å². The molecule has 7 heteroatoms. The molecule has 0 saturated carbocycles. The van der Waals surface area contributed by atoms with Crippen molar-refractivity contribution in [2.75, 3.05) is 6.61 Å². The number of carbonyl (C=O) groups is 3. The zero-order chi connectivity index (χ0) is 22.6. The van der Waals surface area contributed by atoms with Gasteiger partial charge in [0.25, 0.3) is 0 Å². The van der Waals surface area contributed by atoms with E-state index in [2.05, 4.69) is 6.92 Å². The summed E-state index contributed by atoms with van der Waals surface area (Å²) in [5.41, 5.74) is 0.239. The Morgan fingerprint density at radius 2 is 1.23 bits per heavy atom. The highest BCUT2D eigenvalue weighted by molar-refractivity contribution is 5.90. The minimum atomic E-state index is -0.937. The van der Waals surface area contributed by atoms with Crippen LogP contribution in [-0.2, 0) is 9.59 Å². The van der Waals surface area contributed by atoms with Crippen molar-refractivity contribution >= 4 is 17.9 Å². The van der Waals surface area contributed by atoms with Gasteiger partial charge in [-0.15, -0.1) is 0 Å². The Hall–Kier alpha value is -2.57. The number of hydrogen-bond acceptors (Lipinski definition) is 4. The second kappa shape index (κ2) is 18.5. The Labute approximate surface area is 179 Å². The molecule has 30 heavy (non-hydrogen) atoms. The summed E-state index contributed by atoms with van der Waals surface area (Å²) in [6.45, 7) is 2.79. The zero-order valence-corrected chi connectivity index (χ0v) is 18.0. The summed E-state index contributed by atoms with van der Waals surface area (Å²) in [6.07, 6.45) is 10.5. The molecule has 0 aromatic heterocycles. The van der Waals surface area contributed by atoms with E-state index < -0.39 is 17.9 Å². The van der Waals surface area contributed by atoms with Crippen LogP contribution in [0, 0.1) is 0 Å². The molecule has 7 nitrogen and oxygen atoms in total. The van der Waals surface area contributed by atoms with Gasteiger partial charge in [-0.05, 0) is 31.4 Å². The highest BCUT2D eigenvalue weighted by atomic mass is 16.5. The molecule has 0 bridgehead atoms. The lowest BCUT2D eigenvalue weighted by Crippen LogP contribution is -2.04. The number of carboxylic acids is 3. The summed E-state index contributed by atoms with van der Waals surface area (Å²) in [4.78, 5) is 31.0. The molecule has 0 saturated heterocycles. The number of aromatic carboxylic acids is 1. The number of hydrogen-bond donors (Lipinski definition) is 3. The number of benzene rings is 1. The first-order valence-electron chi connectivity index (χ1n) is 10.8. The predicted octanol–water partition coefficient (Wildman–Crippen LogP) is 5.62. The lowest BCUT2D eigenvalue weighted by Gasteiger charge is -2.08. The van der Waals surface area contributed by atoms with E-state index in [9.17, 15) is 14.4 Å². The maximum absolute atomic E-state index is 10.9. The molecule has 0 amide bonds. The molecule has 0 spiro atoms. The molecule has 0 aliphatic rings. The topological polar surface area (TPSA) is 121 Å². The number of unbranched alkanes of at least 4 members (excludes halogenated alkanes) is 8. The largest absolute Gasteiger partial charge is 0.493 e. The van der Waals surface area contributed by atoms with E-state index in [0.29, 0.717) is 25.2 Å². The third-order valence-electron chi connectivity index (χ3n) is 4.40. The average molecular weight is 425 g/mol. The van der Waals surface area contributed by atoms with Crippen molar-refractivity contribution in [1.82, 2.24) is 0 Å². The molecule has 0 aliphatic heterocycles. The normalized spacial score (nSPS) is 10.0. The van der Waals surface area contributed by atoms with Crippen LogP contribution in [0.4, 0.5) is 0 Å². The summed E-state index contributed by atoms with van der Waals surface area (Å²) in [5, 5.41) is 25.5. The van der Waals surface area contributed by atoms with E-state index in [1.165, 1.54) is 25.7 Å². The van der Waals surface area contributed by atoms with Crippen molar-refractivity contribution in [2.45, 2.75) is 84.0 Å². The van der Waals surface area contributed by atoms with Gasteiger partial charge in [0.2, 0.25) is 0 Å². The number of ether oxygens (including phenoxy) is 1. The first-order valence-corrected chi connectivity index (χ1v) is 10.8. The van der Waals surface area contributed by atoms with Crippen molar-refractivity contribution in [3.63, 3.8) is 0 Å². The van der Waals surface area contributed by atoms with Crippen LogP contribution in [0.25, 0.3) is 0 Å². The van der Waals surface area contributed by atoms with Crippen LogP contribution < -0.4 is 4.74 Å². The van der Waals surface area contributed by atoms with E-state index in [0.717, 1.165) is 25.7 Å². The van der Waals surface area contributed by atoms with E-state index in [1.807, 2.05) is 0 Å². The van der Waals surface area contributed by atoms with Crippen LogP contribution in [0.15, 0.2) is 24.3 Å². The maximum Gasteiger partial charge on any atom is 0.339 e. The lowest BCUT2D eigenvalue weighted by molar-refractivity contribution is -0.138.